The van der Waals surface area contributed by atoms with Crippen LogP contribution < -0.4 is 15.6 Å². The second-order valence-electron chi connectivity index (χ2n) is 9.15. The molecule has 1 heterocycles. The molecule has 1 atom stereocenters. The Balaban J connectivity index is 1.85. The number of ether oxygens (including phenoxy) is 1. The summed E-state index contributed by atoms with van der Waals surface area (Å²) in [5, 5.41) is 16.9. The largest absolute Gasteiger partial charge is 0.480 e. The summed E-state index contributed by atoms with van der Waals surface area (Å²) < 4.78 is 6.50. The number of methoxy groups -OCH3 is 1. The highest BCUT2D eigenvalue weighted by Gasteiger charge is 2.27. The van der Waals surface area contributed by atoms with E-state index in [0.29, 0.717) is 16.1 Å². The lowest BCUT2D eigenvalue weighted by Gasteiger charge is -2.21. The van der Waals surface area contributed by atoms with Crippen LogP contribution in [-0.4, -0.2) is 39.7 Å². The highest BCUT2D eigenvalue weighted by atomic mass is 35.5. The van der Waals surface area contributed by atoms with Crippen LogP contribution in [0.1, 0.15) is 44.8 Å². The van der Waals surface area contributed by atoms with Gasteiger partial charge in [0.25, 0.3) is 5.56 Å². The van der Waals surface area contributed by atoms with Gasteiger partial charge < -0.3 is 15.2 Å². The summed E-state index contributed by atoms with van der Waals surface area (Å²) in [6.07, 6.45) is 0.0774. The number of nitrogens with zero attached hydrogens (tertiary/aromatic N) is 2. The summed E-state index contributed by atoms with van der Waals surface area (Å²) in [6, 6.07) is 18.1. The number of aryl methyl sites for hydroxylation is 1. The fraction of sp³-hybridized carbons (Fsp3) is 0.167. The third-order valence-electron chi connectivity index (χ3n) is 6.29. The van der Waals surface area contributed by atoms with Crippen molar-refractivity contribution in [3.8, 4) is 17.0 Å². The molecule has 2 N–H and O–H groups in total. The Labute approximate surface area is 235 Å². The van der Waals surface area contributed by atoms with E-state index < -0.39 is 23.5 Å². The van der Waals surface area contributed by atoms with Crippen molar-refractivity contribution in [2.75, 3.05) is 12.4 Å². The molecular formula is C30H26ClN3O6. The number of carbonyl (C=O) groups is 3. The number of aromatic carboxylic acids is 1. The first-order valence-corrected chi connectivity index (χ1v) is 12.6. The Morgan fingerprint density at radius 3 is 2.42 bits per heavy atom. The highest BCUT2D eigenvalue weighted by molar-refractivity contribution is 6.31. The van der Waals surface area contributed by atoms with Crippen molar-refractivity contribution in [3.05, 3.63) is 110 Å². The molecule has 4 rings (SSSR count). The van der Waals surface area contributed by atoms with Crippen LogP contribution in [0, 0.1) is 6.92 Å². The van der Waals surface area contributed by atoms with Gasteiger partial charge in [0.15, 0.2) is 5.78 Å². The van der Waals surface area contributed by atoms with Crippen molar-refractivity contribution in [1.82, 2.24) is 9.78 Å². The molecule has 0 saturated carbocycles. The smallest absolute Gasteiger partial charge is 0.337 e. The minimum atomic E-state index is -1.21. The number of halogens is 1. The Hall–Kier alpha value is -4.76. The number of benzene rings is 3. The van der Waals surface area contributed by atoms with Gasteiger partial charge in [0, 0.05) is 23.1 Å². The lowest BCUT2D eigenvalue weighted by atomic mass is 9.98. The van der Waals surface area contributed by atoms with Crippen LogP contribution in [0.3, 0.4) is 0 Å². The number of anilines is 1. The van der Waals surface area contributed by atoms with Crippen LogP contribution >= 0.6 is 11.6 Å². The Morgan fingerprint density at radius 2 is 1.75 bits per heavy atom. The van der Waals surface area contributed by atoms with Gasteiger partial charge in [-0.25, -0.2) is 9.48 Å². The first-order chi connectivity index (χ1) is 19.1. The summed E-state index contributed by atoms with van der Waals surface area (Å²) in [5.74, 6) is -2.11. The van der Waals surface area contributed by atoms with E-state index in [1.54, 1.807) is 30.3 Å². The number of Topliss-reactive ketones (excluding diaryl/α,β-unsaturated/α-hetero) is 1. The molecule has 4 aromatic rings. The van der Waals surface area contributed by atoms with Crippen molar-refractivity contribution in [2.24, 2.45) is 0 Å². The maximum Gasteiger partial charge on any atom is 0.337 e. The number of amides is 1. The van der Waals surface area contributed by atoms with Crippen LogP contribution in [-0.2, 0) is 11.2 Å². The quantitative estimate of drug-likeness (QED) is 0.270. The monoisotopic (exact) mass is 559 g/mol. The van der Waals surface area contributed by atoms with E-state index >= 15 is 0 Å². The minimum Gasteiger partial charge on any atom is -0.480 e. The van der Waals surface area contributed by atoms with E-state index in [9.17, 15) is 24.3 Å². The number of aromatic nitrogens is 2. The number of rotatable bonds is 9. The first-order valence-electron chi connectivity index (χ1n) is 12.3. The summed E-state index contributed by atoms with van der Waals surface area (Å²) >= 11 is 6.19. The maximum absolute atomic E-state index is 13.7. The third kappa shape index (κ3) is 6.10. The summed E-state index contributed by atoms with van der Waals surface area (Å²) in [5.41, 5.74) is 1.99. The number of nitrogens with one attached hydrogen (secondary N) is 1. The molecule has 0 aliphatic heterocycles. The number of ketones is 1. The van der Waals surface area contributed by atoms with E-state index in [0.717, 1.165) is 15.8 Å². The lowest BCUT2D eigenvalue weighted by molar-refractivity contribution is -0.119. The molecule has 0 aliphatic rings. The Kier molecular flexibility index (Phi) is 8.45. The van der Waals surface area contributed by atoms with E-state index in [-0.39, 0.29) is 34.9 Å². The normalized spacial score (nSPS) is 11.5. The van der Waals surface area contributed by atoms with Gasteiger partial charge in [-0.15, -0.1) is 5.10 Å². The predicted molar refractivity (Wildman–Crippen MR) is 151 cm³/mol. The number of para-hydroxylation sites is 1. The van der Waals surface area contributed by atoms with E-state index in [2.05, 4.69) is 10.4 Å². The molecule has 0 fully saturated rings. The second-order valence-corrected chi connectivity index (χ2v) is 9.58. The first kappa shape index (κ1) is 28.3. The van der Waals surface area contributed by atoms with E-state index in [1.807, 2.05) is 31.2 Å². The summed E-state index contributed by atoms with van der Waals surface area (Å²) in [4.78, 5) is 51.2. The zero-order valence-electron chi connectivity index (χ0n) is 22.0. The second kappa shape index (κ2) is 12.0. The molecule has 1 amide bonds. The maximum atomic E-state index is 13.7. The average Bonchev–Trinajstić information content (AvgIpc) is 2.91. The molecule has 10 heteroatoms. The van der Waals surface area contributed by atoms with Crippen molar-refractivity contribution in [1.29, 1.82) is 0 Å². The molecule has 0 spiro atoms. The Morgan fingerprint density at radius 1 is 1.00 bits per heavy atom. The minimum absolute atomic E-state index is 0.00246. The van der Waals surface area contributed by atoms with Gasteiger partial charge in [0.2, 0.25) is 11.8 Å². The summed E-state index contributed by atoms with van der Waals surface area (Å²) in [7, 11) is 1.36. The molecule has 0 radical (unpaired) electrons. The topological polar surface area (TPSA) is 128 Å². The van der Waals surface area contributed by atoms with Gasteiger partial charge in [-0.05, 0) is 55.3 Å². The van der Waals surface area contributed by atoms with Crippen LogP contribution in [0.25, 0.3) is 11.1 Å². The molecule has 0 saturated heterocycles. The van der Waals surface area contributed by atoms with Gasteiger partial charge >= 0.3 is 5.97 Å². The van der Waals surface area contributed by atoms with Crippen LogP contribution in [0.4, 0.5) is 5.69 Å². The SMILES string of the molecule is COc1nn(C(Cc2cccc(C)c2)C(=O)Nc2ccccc2C(=O)O)c(=O)cc1-c1cc(Cl)ccc1C(C)=O. The van der Waals surface area contributed by atoms with Gasteiger partial charge in [-0.2, -0.15) is 0 Å². The van der Waals surface area contributed by atoms with Crippen molar-refractivity contribution in [3.63, 3.8) is 0 Å². The van der Waals surface area contributed by atoms with Gasteiger partial charge in [-0.1, -0.05) is 53.6 Å². The Bertz CT molecular complexity index is 1680. The molecule has 1 aromatic heterocycles. The zero-order valence-corrected chi connectivity index (χ0v) is 22.7. The zero-order chi connectivity index (χ0) is 29.0. The number of hydrogen-bond acceptors (Lipinski definition) is 6. The van der Waals surface area contributed by atoms with Gasteiger partial charge in [0.05, 0.1) is 23.9 Å². The highest BCUT2D eigenvalue weighted by Crippen LogP contribution is 2.33. The molecule has 9 nitrogen and oxygen atoms in total. The number of carbonyl (C=O) groups excluding carboxylic acids is 2. The number of carboxylic acid groups (broad SMARTS) is 1. The molecule has 1 unspecified atom stereocenters. The molecule has 0 bridgehead atoms. The van der Waals surface area contributed by atoms with E-state index in [4.69, 9.17) is 16.3 Å². The van der Waals surface area contributed by atoms with Gasteiger partial charge in [-0.3, -0.25) is 14.4 Å². The molecule has 0 aliphatic carbocycles. The van der Waals surface area contributed by atoms with Crippen LogP contribution in [0.5, 0.6) is 5.88 Å². The fourth-order valence-corrected chi connectivity index (χ4v) is 4.59. The predicted octanol–water partition coefficient (Wildman–Crippen LogP) is 5.20. The lowest BCUT2D eigenvalue weighted by Crippen LogP contribution is -2.36. The molecule has 3 aromatic carbocycles. The van der Waals surface area contributed by atoms with Crippen molar-refractivity contribution >= 4 is 34.9 Å². The average molecular weight is 560 g/mol. The van der Waals surface area contributed by atoms with Crippen LogP contribution in [0.15, 0.2) is 77.6 Å². The standard InChI is InChI=1S/C30H26ClN3O6/c1-17-7-6-8-19(13-17)14-26(28(37)32-25-10-5-4-9-22(25)30(38)39)34-27(36)16-24(29(33-34)40-3)23-15-20(31)11-12-21(23)18(2)35/h4-13,15-16,26H,14H2,1-3H3,(H,32,37)(H,38,39). The van der Waals surface area contributed by atoms with Crippen LogP contribution in [0.2, 0.25) is 5.02 Å². The summed E-state index contributed by atoms with van der Waals surface area (Å²) in [6.45, 7) is 3.30. The fourth-order valence-electron chi connectivity index (χ4n) is 4.41. The van der Waals surface area contributed by atoms with E-state index in [1.165, 1.54) is 32.2 Å². The molecule has 40 heavy (non-hydrogen) atoms. The molecular weight excluding hydrogens is 534 g/mol. The van der Waals surface area contributed by atoms with Crippen molar-refractivity contribution < 1.29 is 24.2 Å². The van der Waals surface area contributed by atoms with Crippen molar-refractivity contribution in [2.45, 2.75) is 26.3 Å². The number of carboxylic acids is 1. The third-order valence-corrected chi connectivity index (χ3v) is 6.53. The van der Waals surface area contributed by atoms with Gasteiger partial charge in [0.1, 0.15) is 6.04 Å². The number of hydrogen-bond donors (Lipinski definition) is 2. The molecule has 204 valence electrons.